The SMILES string of the molecule is CN(Cc1cccc(F)c1)c1cc(Br)ccc1C(N)=S. The lowest BCUT2D eigenvalue weighted by Gasteiger charge is -2.22. The summed E-state index contributed by atoms with van der Waals surface area (Å²) in [6.07, 6.45) is 0. The maximum absolute atomic E-state index is 13.2. The molecule has 2 nitrogen and oxygen atoms in total. The zero-order chi connectivity index (χ0) is 14.7. The minimum Gasteiger partial charge on any atom is -0.389 e. The van der Waals surface area contributed by atoms with Crippen LogP contribution in [0.1, 0.15) is 11.1 Å². The molecule has 0 unspecified atom stereocenters. The number of nitrogens with two attached hydrogens (primary N) is 1. The van der Waals surface area contributed by atoms with Crippen LogP contribution in [0.2, 0.25) is 0 Å². The summed E-state index contributed by atoms with van der Waals surface area (Å²) >= 11 is 8.51. The first kappa shape index (κ1) is 14.9. The van der Waals surface area contributed by atoms with E-state index < -0.39 is 0 Å². The number of hydrogen-bond donors (Lipinski definition) is 1. The van der Waals surface area contributed by atoms with Crippen LogP contribution in [0.15, 0.2) is 46.9 Å². The zero-order valence-electron chi connectivity index (χ0n) is 10.9. The minimum absolute atomic E-state index is 0.236. The summed E-state index contributed by atoms with van der Waals surface area (Å²) in [6, 6.07) is 12.3. The summed E-state index contributed by atoms with van der Waals surface area (Å²) in [6.45, 7) is 0.573. The summed E-state index contributed by atoms with van der Waals surface area (Å²) in [5.41, 5.74) is 8.36. The molecule has 0 fully saturated rings. The van der Waals surface area contributed by atoms with E-state index >= 15 is 0 Å². The first-order valence-corrected chi connectivity index (χ1v) is 7.22. The van der Waals surface area contributed by atoms with Gasteiger partial charge in [-0.05, 0) is 35.9 Å². The quantitative estimate of drug-likeness (QED) is 0.847. The molecule has 0 saturated carbocycles. The molecule has 0 aliphatic rings. The highest BCUT2D eigenvalue weighted by molar-refractivity contribution is 9.10. The molecule has 0 aliphatic carbocycles. The smallest absolute Gasteiger partial charge is 0.123 e. The normalized spacial score (nSPS) is 10.3. The summed E-state index contributed by atoms with van der Waals surface area (Å²) in [7, 11) is 1.93. The predicted octanol–water partition coefficient (Wildman–Crippen LogP) is 3.86. The largest absolute Gasteiger partial charge is 0.389 e. The Balaban J connectivity index is 2.31. The van der Waals surface area contributed by atoms with Gasteiger partial charge in [-0.2, -0.15) is 0 Å². The van der Waals surface area contributed by atoms with Crippen LogP contribution in [0.3, 0.4) is 0 Å². The van der Waals surface area contributed by atoms with E-state index in [-0.39, 0.29) is 5.82 Å². The Hall–Kier alpha value is -1.46. The van der Waals surface area contributed by atoms with Crippen LogP contribution in [-0.2, 0) is 6.54 Å². The van der Waals surface area contributed by atoms with Crippen LogP contribution in [0.5, 0.6) is 0 Å². The van der Waals surface area contributed by atoms with Crippen molar-refractivity contribution >= 4 is 38.8 Å². The molecule has 2 aromatic rings. The number of thiocarbonyl (C=S) groups is 1. The van der Waals surface area contributed by atoms with Gasteiger partial charge in [-0.1, -0.05) is 40.3 Å². The molecule has 2 N–H and O–H groups in total. The maximum Gasteiger partial charge on any atom is 0.123 e. The fourth-order valence-corrected chi connectivity index (χ4v) is 2.54. The fraction of sp³-hybridized carbons (Fsp3) is 0.133. The van der Waals surface area contributed by atoms with Gasteiger partial charge in [0.15, 0.2) is 0 Å². The van der Waals surface area contributed by atoms with E-state index in [0.29, 0.717) is 11.5 Å². The Morgan fingerprint density at radius 2 is 2.05 bits per heavy atom. The van der Waals surface area contributed by atoms with E-state index in [4.69, 9.17) is 18.0 Å². The monoisotopic (exact) mass is 352 g/mol. The van der Waals surface area contributed by atoms with Crippen LogP contribution >= 0.6 is 28.1 Å². The first-order chi connectivity index (χ1) is 9.47. The number of anilines is 1. The number of rotatable bonds is 4. The van der Waals surface area contributed by atoms with E-state index in [0.717, 1.165) is 21.3 Å². The molecular formula is C15H14BrFN2S. The highest BCUT2D eigenvalue weighted by atomic mass is 79.9. The van der Waals surface area contributed by atoms with E-state index in [2.05, 4.69) is 15.9 Å². The third-order valence-corrected chi connectivity index (χ3v) is 3.66. The topological polar surface area (TPSA) is 29.3 Å². The lowest BCUT2D eigenvalue weighted by molar-refractivity contribution is 0.625. The summed E-state index contributed by atoms with van der Waals surface area (Å²) in [4.78, 5) is 2.34. The van der Waals surface area contributed by atoms with Crippen LogP contribution < -0.4 is 10.6 Å². The van der Waals surface area contributed by atoms with E-state index in [9.17, 15) is 4.39 Å². The van der Waals surface area contributed by atoms with Gasteiger partial charge in [0, 0.05) is 29.3 Å². The van der Waals surface area contributed by atoms with Gasteiger partial charge in [0.2, 0.25) is 0 Å². The van der Waals surface area contributed by atoms with Gasteiger partial charge < -0.3 is 10.6 Å². The van der Waals surface area contributed by atoms with Crippen molar-refractivity contribution in [2.75, 3.05) is 11.9 Å². The molecule has 5 heteroatoms. The predicted molar refractivity (Wildman–Crippen MR) is 88.5 cm³/mol. The second-order valence-electron chi connectivity index (χ2n) is 4.51. The molecule has 0 bridgehead atoms. The number of nitrogens with zero attached hydrogens (tertiary/aromatic N) is 1. The average molecular weight is 353 g/mol. The Morgan fingerprint density at radius 1 is 1.30 bits per heavy atom. The van der Waals surface area contributed by atoms with Crippen molar-refractivity contribution in [1.29, 1.82) is 0 Å². The molecule has 0 amide bonds. The van der Waals surface area contributed by atoms with Crippen molar-refractivity contribution in [1.82, 2.24) is 0 Å². The first-order valence-electron chi connectivity index (χ1n) is 6.02. The van der Waals surface area contributed by atoms with E-state index in [1.807, 2.05) is 36.2 Å². The van der Waals surface area contributed by atoms with Gasteiger partial charge >= 0.3 is 0 Å². The Bertz CT molecular complexity index is 646. The molecule has 0 spiro atoms. The summed E-state index contributed by atoms with van der Waals surface area (Å²) in [5.74, 6) is -0.236. The molecule has 0 radical (unpaired) electrons. The standard InChI is InChI=1S/C15H14BrFN2S/c1-19(9-10-3-2-4-12(17)7-10)14-8-11(16)5-6-13(14)15(18)20/h2-8H,9H2,1H3,(H2,18,20). The molecule has 2 rings (SSSR count). The van der Waals surface area contributed by atoms with Gasteiger partial charge in [-0.25, -0.2) is 4.39 Å². The fourth-order valence-electron chi connectivity index (χ4n) is 2.02. The van der Waals surface area contributed by atoms with Gasteiger partial charge in [-0.3, -0.25) is 0 Å². The summed E-state index contributed by atoms with van der Waals surface area (Å²) < 4.78 is 14.2. The molecule has 2 aromatic carbocycles. The number of benzene rings is 2. The van der Waals surface area contributed by atoms with Crippen LogP contribution in [0, 0.1) is 5.82 Å². The Morgan fingerprint density at radius 3 is 2.70 bits per heavy atom. The molecule has 0 heterocycles. The molecule has 0 atom stereocenters. The van der Waals surface area contributed by atoms with Gasteiger partial charge in [0.25, 0.3) is 0 Å². The van der Waals surface area contributed by atoms with Gasteiger partial charge in [0.05, 0.1) is 0 Å². The molecule has 0 aliphatic heterocycles. The average Bonchev–Trinajstić information content (AvgIpc) is 2.38. The van der Waals surface area contributed by atoms with Crippen molar-refractivity contribution in [3.05, 3.63) is 63.9 Å². The Kier molecular flexibility index (Phi) is 4.73. The van der Waals surface area contributed by atoms with Crippen LogP contribution in [0.4, 0.5) is 10.1 Å². The molecule has 104 valence electrons. The third kappa shape index (κ3) is 3.55. The lowest BCUT2D eigenvalue weighted by atomic mass is 10.1. The van der Waals surface area contributed by atoms with Crippen LogP contribution in [-0.4, -0.2) is 12.0 Å². The molecule has 0 saturated heterocycles. The van der Waals surface area contributed by atoms with Crippen molar-refractivity contribution in [2.24, 2.45) is 5.73 Å². The highest BCUT2D eigenvalue weighted by Gasteiger charge is 2.11. The molecule has 0 aromatic heterocycles. The Labute approximate surface area is 131 Å². The summed E-state index contributed by atoms with van der Waals surface area (Å²) in [5, 5.41) is 0. The number of halogens is 2. The van der Waals surface area contributed by atoms with Gasteiger partial charge in [-0.15, -0.1) is 0 Å². The maximum atomic E-state index is 13.2. The third-order valence-electron chi connectivity index (χ3n) is 2.95. The molecule has 20 heavy (non-hydrogen) atoms. The van der Waals surface area contributed by atoms with Gasteiger partial charge in [0.1, 0.15) is 10.8 Å². The highest BCUT2D eigenvalue weighted by Crippen LogP contribution is 2.25. The number of hydrogen-bond acceptors (Lipinski definition) is 2. The minimum atomic E-state index is -0.236. The van der Waals surface area contributed by atoms with Crippen LogP contribution in [0.25, 0.3) is 0 Å². The second-order valence-corrected chi connectivity index (χ2v) is 5.87. The zero-order valence-corrected chi connectivity index (χ0v) is 13.3. The van der Waals surface area contributed by atoms with Crippen molar-refractivity contribution in [2.45, 2.75) is 6.54 Å². The van der Waals surface area contributed by atoms with Crippen molar-refractivity contribution in [3.8, 4) is 0 Å². The van der Waals surface area contributed by atoms with E-state index in [1.165, 1.54) is 12.1 Å². The van der Waals surface area contributed by atoms with Crippen molar-refractivity contribution in [3.63, 3.8) is 0 Å². The second kappa shape index (κ2) is 6.33. The lowest BCUT2D eigenvalue weighted by Crippen LogP contribution is -2.21. The van der Waals surface area contributed by atoms with E-state index in [1.54, 1.807) is 6.07 Å². The van der Waals surface area contributed by atoms with Crippen molar-refractivity contribution < 1.29 is 4.39 Å². The molecular weight excluding hydrogens is 339 g/mol.